The molecule has 0 aliphatic carbocycles. The van der Waals surface area contributed by atoms with Gasteiger partial charge in [0.2, 0.25) is 10.0 Å². The maximum absolute atomic E-state index is 12.7. The second kappa shape index (κ2) is 6.85. The first-order valence-corrected chi connectivity index (χ1v) is 9.46. The van der Waals surface area contributed by atoms with Crippen molar-refractivity contribution in [3.05, 3.63) is 24.3 Å². The Morgan fingerprint density at radius 3 is 1.86 bits per heavy atom. The van der Waals surface area contributed by atoms with Gasteiger partial charge in [-0.3, -0.25) is 0 Å². The highest BCUT2D eigenvalue weighted by molar-refractivity contribution is 7.89. The summed E-state index contributed by atoms with van der Waals surface area (Å²) in [5.41, 5.74) is 0. The van der Waals surface area contributed by atoms with Crippen molar-refractivity contribution in [1.29, 1.82) is 0 Å². The van der Waals surface area contributed by atoms with Gasteiger partial charge in [-0.25, -0.2) is 13.1 Å². The number of rotatable bonds is 7. The summed E-state index contributed by atoms with van der Waals surface area (Å²) >= 11 is 0. The molecule has 0 radical (unpaired) electrons. The molecule has 0 amide bonds. The summed E-state index contributed by atoms with van der Waals surface area (Å²) in [6, 6.07) is 3.78. The first-order valence-electron chi connectivity index (χ1n) is 6.59. The molecule has 120 valence electrons. The molecule has 0 bridgehead atoms. The van der Waals surface area contributed by atoms with Gasteiger partial charge < -0.3 is 0 Å². The van der Waals surface area contributed by atoms with Crippen LogP contribution in [0, 0.1) is 5.92 Å². The minimum Gasteiger partial charge on any atom is -0.208 e. The number of benzene rings is 1. The van der Waals surface area contributed by atoms with Gasteiger partial charge >= 0.3 is 10.2 Å². The van der Waals surface area contributed by atoms with E-state index in [0.29, 0.717) is 12.3 Å². The topological polar surface area (TPSA) is 80.3 Å². The summed E-state index contributed by atoms with van der Waals surface area (Å²) in [4.78, 5) is -0.652. The maximum atomic E-state index is 12.7. The zero-order chi connectivity index (χ0) is 16.3. The van der Waals surface area contributed by atoms with Crippen molar-refractivity contribution in [2.24, 2.45) is 5.92 Å². The number of hydrogen-bond acceptors (Lipinski definition) is 4. The fraction of sp³-hybridized carbons (Fsp3) is 0.538. The first kappa shape index (κ1) is 18.1. The van der Waals surface area contributed by atoms with E-state index in [2.05, 4.69) is 18.6 Å². The van der Waals surface area contributed by atoms with Crippen molar-refractivity contribution in [3.8, 4) is 0 Å². The van der Waals surface area contributed by atoms with E-state index >= 15 is 0 Å². The van der Waals surface area contributed by atoms with Crippen LogP contribution in [0.25, 0.3) is 0 Å². The van der Waals surface area contributed by atoms with E-state index in [1.807, 2.05) is 0 Å². The molecule has 0 aliphatic rings. The number of halogens is 1. The van der Waals surface area contributed by atoms with Crippen molar-refractivity contribution >= 4 is 20.2 Å². The molecule has 0 aliphatic heterocycles. The lowest BCUT2D eigenvalue weighted by molar-refractivity contribution is 0.485. The van der Waals surface area contributed by atoms with E-state index in [4.69, 9.17) is 0 Å². The lowest BCUT2D eigenvalue weighted by Crippen LogP contribution is -2.32. The second-order valence-electron chi connectivity index (χ2n) is 5.40. The normalized spacial score (nSPS) is 14.3. The van der Waals surface area contributed by atoms with Gasteiger partial charge in [-0.05, 0) is 49.9 Å². The van der Waals surface area contributed by atoms with E-state index in [-0.39, 0.29) is 10.9 Å². The maximum Gasteiger partial charge on any atom is 0.332 e. The average Bonchev–Trinajstić information content (AvgIpc) is 2.35. The van der Waals surface area contributed by atoms with Crippen LogP contribution in [0.1, 0.15) is 33.6 Å². The van der Waals surface area contributed by atoms with E-state index in [1.165, 1.54) is 0 Å². The Morgan fingerprint density at radius 1 is 0.952 bits per heavy atom. The first-order chi connectivity index (χ1) is 9.52. The summed E-state index contributed by atoms with van der Waals surface area (Å²) in [7, 11) is -8.56. The predicted octanol–water partition coefficient (Wildman–Crippen LogP) is 2.45. The molecule has 1 aromatic rings. The zero-order valence-electron chi connectivity index (χ0n) is 12.2. The molecule has 5 nitrogen and oxygen atoms in total. The SMILES string of the molecule is CC(C)CCC(C)NS(=O)(=O)c1ccc(S(=O)(=O)F)cc1. The van der Waals surface area contributed by atoms with Gasteiger partial charge in [0, 0.05) is 6.04 Å². The highest BCUT2D eigenvalue weighted by atomic mass is 32.3. The van der Waals surface area contributed by atoms with Gasteiger partial charge in [0.1, 0.15) is 0 Å². The molecule has 21 heavy (non-hydrogen) atoms. The molecule has 1 atom stereocenters. The van der Waals surface area contributed by atoms with Crippen LogP contribution in [0.5, 0.6) is 0 Å². The van der Waals surface area contributed by atoms with Gasteiger partial charge in [0.15, 0.2) is 0 Å². The minimum absolute atomic E-state index is 0.0914. The molecule has 1 aromatic carbocycles. The third-order valence-electron chi connectivity index (χ3n) is 2.95. The summed E-state index contributed by atoms with van der Waals surface area (Å²) < 4.78 is 60.8. The van der Waals surface area contributed by atoms with Crippen molar-refractivity contribution in [1.82, 2.24) is 4.72 Å². The molecule has 1 N–H and O–H groups in total. The number of nitrogens with one attached hydrogen (secondary N) is 1. The van der Waals surface area contributed by atoms with Crippen LogP contribution in [-0.4, -0.2) is 22.9 Å². The Morgan fingerprint density at radius 2 is 1.43 bits per heavy atom. The van der Waals surface area contributed by atoms with Crippen LogP contribution in [-0.2, 0) is 20.2 Å². The fourth-order valence-corrected chi connectivity index (χ4v) is 3.50. The van der Waals surface area contributed by atoms with Crippen molar-refractivity contribution < 1.29 is 20.7 Å². The Labute approximate surface area is 125 Å². The minimum atomic E-state index is -4.82. The monoisotopic (exact) mass is 337 g/mol. The molecule has 0 fully saturated rings. The van der Waals surface area contributed by atoms with E-state index in [0.717, 1.165) is 30.7 Å². The van der Waals surface area contributed by atoms with E-state index < -0.39 is 25.1 Å². The quantitative estimate of drug-likeness (QED) is 0.775. The Bertz CT molecular complexity index is 667. The van der Waals surface area contributed by atoms with Crippen LogP contribution >= 0.6 is 0 Å². The van der Waals surface area contributed by atoms with Crippen LogP contribution < -0.4 is 4.72 Å². The zero-order valence-corrected chi connectivity index (χ0v) is 13.8. The van der Waals surface area contributed by atoms with Gasteiger partial charge in [-0.2, -0.15) is 8.42 Å². The molecule has 0 aromatic heterocycles. The van der Waals surface area contributed by atoms with Crippen LogP contribution in [0.4, 0.5) is 3.89 Å². The molecule has 1 rings (SSSR count). The summed E-state index contributed by atoms with van der Waals surface area (Å²) in [5, 5.41) is 0. The van der Waals surface area contributed by atoms with Gasteiger partial charge in [0.25, 0.3) is 0 Å². The number of sulfonamides is 1. The van der Waals surface area contributed by atoms with Crippen LogP contribution in [0.3, 0.4) is 0 Å². The second-order valence-corrected chi connectivity index (χ2v) is 8.46. The van der Waals surface area contributed by atoms with Crippen LogP contribution in [0.15, 0.2) is 34.1 Å². The molecule has 0 heterocycles. The van der Waals surface area contributed by atoms with Crippen LogP contribution in [0.2, 0.25) is 0 Å². The summed E-state index contributed by atoms with van der Waals surface area (Å²) in [6.07, 6.45) is 1.59. The van der Waals surface area contributed by atoms with Gasteiger partial charge in [-0.15, -0.1) is 3.89 Å². The van der Waals surface area contributed by atoms with Crippen molar-refractivity contribution in [2.45, 2.75) is 49.4 Å². The molecule has 0 saturated heterocycles. The Balaban J connectivity index is 2.84. The van der Waals surface area contributed by atoms with E-state index in [1.54, 1.807) is 6.92 Å². The summed E-state index contributed by atoms with van der Waals surface area (Å²) in [5.74, 6) is 0.478. The van der Waals surface area contributed by atoms with Gasteiger partial charge in [-0.1, -0.05) is 13.8 Å². The lowest BCUT2D eigenvalue weighted by atomic mass is 10.1. The highest BCUT2D eigenvalue weighted by Crippen LogP contribution is 2.17. The van der Waals surface area contributed by atoms with Crippen molar-refractivity contribution in [3.63, 3.8) is 0 Å². The fourth-order valence-electron chi connectivity index (χ4n) is 1.76. The summed E-state index contributed by atoms with van der Waals surface area (Å²) in [6.45, 7) is 5.87. The standard InChI is InChI=1S/C13H20FNO4S2/c1-10(2)4-5-11(3)15-21(18,19)13-8-6-12(7-9-13)20(14,16)17/h6-11,15H,4-5H2,1-3H3. The lowest BCUT2D eigenvalue weighted by Gasteiger charge is -2.15. The van der Waals surface area contributed by atoms with Crippen molar-refractivity contribution in [2.75, 3.05) is 0 Å². The highest BCUT2D eigenvalue weighted by Gasteiger charge is 2.19. The average molecular weight is 337 g/mol. The van der Waals surface area contributed by atoms with E-state index in [9.17, 15) is 20.7 Å². The largest absolute Gasteiger partial charge is 0.332 e. The smallest absolute Gasteiger partial charge is 0.208 e. The number of hydrogen-bond donors (Lipinski definition) is 1. The molecule has 8 heteroatoms. The molecule has 1 unspecified atom stereocenters. The third-order valence-corrected chi connectivity index (χ3v) is 5.39. The third kappa shape index (κ3) is 5.72. The molecular weight excluding hydrogens is 317 g/mol. The molecular formula is C13H20FNO4S2. The molecule has 0 spiro atoms. The Kier molecular flexibility index (Phi) is 5.89. The van der Waals surface area contributed by atoms with Gasteiger partial charge in [0.05, 0.1) is 9.79 Å². The molecule has 0 saturated carbocycles. The Hall–Kier alpha value is -0.990. The predicted molar refractivity (Wildman–Crippen MR) is 78.6 cm³/mol.